The zero-order valence-electron chi connectivity index (χ0n) is 18.3. The Balaban J connectivity index is 1.23. The largest absolute Gasteiger partial charge is 0.497 e. The molecule has 2 aliphatic rings. The van der Waals surface area contributed by atoms with E-state index in [-0.39, 0.29) is 18.4 Å². The molecule has 9 nitrogen and oxygen atoms in total. The SMILES string of the molecule is COc1ccc2c(c1)C=C(C(=O)N1CCC(c3cncc(Nc4ncccn4)n3)CC1)CO2. The van der Waals surface area contributed by atoms with Gasteiger partial charge in [0.2, 0.25) is 5.95 Å². The third-order valence-electron chi connectivity index (χ3n) is 5.86. The van der Waals surface area contributed by atoms with Crippen LogP contribution in [0.4, 0.5) is 11.8 Å². The third-order valence-corrected chi connectivity index (χ3v) is 5.86. The lowest BCUT2D eigenvalue weighted by Crippen LogP contribution is -2.40. The van der Waals surface area contributed by atoms with E-state index < -0.39 is 0 Å². The quantitative estimate of drug-likeness (QED) is 0.640. The number of rotatable bonds is 5. The summed E-state index contributed by atoms with van der Waals surface area (Å²) in [5, 5.41) is 3.08. The Hall–Kier alpha value is -4.01. The highest BCUT2D eigenvalue weighted by atomic mass is 16.5. The molecule has 0 radical (unpaired) electrons. The summed E-state index contributed by atoms with van der Waals surface area (Å²) >= 11 is 0. The van der Waals surface area contributed by atoms with E-state index in [1.54, 1.807) is 38.0 Å². The number of amides is 1. The van der Waals surface area contributed by atoms with Crippen LogP contribution in [0.25, 0.3) is 6.08 Å². The van der Waals surface area contributed by atoms with Crippen LogP contribution in [0.1, 0.15) is 30.0 Å². The van der Waals surface area contributed by atoms with Crippen molar-refractivity contribution in [2.24, 2.45) is 0 Å². The maximum absolute atomic E-state index is 13.1. The molecule has 0 atom stereocenters. The Morgan fingerprint density at radius 3 is 2.79 bits per heavy atom. The highest BCUT2D eigenvalue weighted by Gasteiger charge is 2.28. The number of hydrogen-bond acceptors (Lipinski definition) is 8. The smallest absolute Gasteiger partial charge is 0.253 e. The fraction of sp³-hybridized carbons (Fsp3) is 0.292. The van der Waals surface area contributed by atoms with Crippen molar-refractivity contribution in [3.8, 4) is 11.5 Å². The molecule has 0 bridgehead atoms. The van der Waals surface area contributed by atoms with E-state index in [1.807, 2.05) is 29.2 Å². The van der Waals surface area contributed by atoms with E-state index in [2.05, 4.69) is 20.3 Å². The predicted octanol–water partition coefficient (Wildman–Crippen LogP) is 3.20. The van der Waals surface area contributed by atoms with Gasteiger partial charge in [-0.15, -0.1) is 0 Å². The molecule has 1 N–H and O–H groups in total. The minimum Gasteiger partial charge on any atom is -0.497 e. The van der Waals surface area contributed by atoms with E-state index in [4.69, 9.17) is 14.5 Å². The number of carbonyl (C=O) groups is 1. The van der Waals surface area contributed by atoms with Crippen LogP contribution in [0.3, 0.4) is 0 Å². The lowest BCUT2D eigenvalue weighted by Gasteiger charge is -2.33. The Bertz CT molecular complexity index is 1180. The molecule has 1 fully saturated rings. The Morgan fingerprint density at radius 2 is 2.00 bits per heavy atom. The first kappa shape index (κ1) is 20.9. The van der Waals surface area contributed by atoms with Gasteiger partial charge >= 0.3 is 0 Å². The standard InChI is InChI=1S/C24H24N6O3/c1-32-19-3-4-21-17(12-19)11-18(15-33-21)23(31)30-9-5-16(6-10-30)20-13-25-14-22(28-20)29-24-26-7-2-8-27-24/h2-4,7-8,11-14,16H,5-6,9-10,15H2,1H3,(H,26,27,28,29). The summed E-state index contributed by atoms with van der Waals surface area (Å²) in [5.74, 6) is 2.84. The average molecular weight is 444 g/mol. The number of nitrogens with one attached hydrogen (secondary N) is 1. The average Bonchev–Trinajstić information content (AvgIpc) is 2.88. The van der Waals surface area contributed by atoms with Crippen LogP contribution in [-0.4, -0.2) is 57.5 Å². The van der Waals surface area contributed by atoms with Gasteiger partial charge in [0.15, 0.2) is 5.82 Å². The molecular weight excluding hydrogens is 420 g/mol. The number of carbonyl (C=O) groups excluding carboxylic acids is 1. The monoisotopic (exact) mass is 444 g/mol. The summed E-state index contributed by atoms with van der Waals surface area (Å²) in [5.41, 5.74) is 2.42. The molecular formula is C24H24N6O3. The molecule has 0 spiro atoms. The number of fused-ring (bicyclic) bond motifs is 1. The molecule has 5 rings (SSSR count). The third kappa shape index (κ3) is 4.62. The summed E-state index contributed by atoms with van der Waals surface area (Å²) in [6.07, 6.45) is 10.3. The number of methoxy groups -OCH3 is 1. The van der Waals surface area contributed by atoms with Gasteiger partial charge in [-0.05, 0) is 43.2 Å². The molecule has 9 heteroatoms. The lowest BCUT2D eigenvalue weighted by molar-refractivity contribution is -0.128. The number of aromatic nitrogens is 4. The first-order chi connectivity index (χ1) is 16.2. The summed E-state index contributed by atoms with van der Waals surface area (Å²) in [7, 11) is 1.62. The second kappa shape index (κ2) is 9.23. The Kier molecular flexibility index (Phi) is 5.84. The van der Waals surface area contributed by atoms with Crippen molar-refractivity contribution in [1.29, 1.82) is 0 Å². The van der Waals surface area contributed by atoms with Crippen molar-refractivity contribution < 1.29 is 14.3 Å². The number of benzene rings is 1. The molecule has 1 saturated heterocycles. The van der Waals surface area contributed by atoms with E-state index in [0.717, 1.165) is 35.6 Å². The van der Waals surface area contributed by atoms with Gasteiger partial charge in [-0.25, -0.2) is 15.0 Å². The van der Waals surface area contributed by atoms with E-state index in [1.165, 1.54) is 0 Å². The summed E-state index contributed by atoms with van der Waals surface area (Å²) in [6.45, 7) is 1.60. The second-order valence-electron chi connectivity index (χ2n) is 7.96. The number of anilines is 2. The number of hydrogen-bond donors (Lipinski definition) is 1. The maximum atomic E-state index is 13.1. The fourth-order valence-electron chi connectivity index (χ4n) is 4.10. The Labute approximate surface area is 191 Å². The van der Waals surface area contributed by atoms with Gasteiger partial charge in [0, 0.05) is 43.2 Å². The van der Waals surface area contributed by atoms with Crippen molar-refractivity contribution in [3.05, 3.63) is 65.9 Å². The summed E-state index contributed by atoms with van der Waals surface area (Å²) in [4.78, 5) is 32.3. The molecule has 0 unspecified atom stereocenters. The molecule has 33 heavy (non-hydrogen) atoms. The Morgan fingerprint density at radius 1 is 1.18 bits per heavy atom. The van der Waals surface area contributed by atoms with Crippen LogP contribution in [0.2, 0.25) is 0 Å². The predicted molar refractivity (Wildman–Crippen MR) is 122 cm³/mol. The first-order valence-electron chi connectivity index (χ1n) is 10.9. The van der Waals surface area contributed by atoms with Crippen LogP contribution in [0.15, 0.2) is 54.6 Å². The summed E-state index contributed by atoms with van der Waals surface area (Å²) in [6, 6.07) is 7.36. The molecule has 3 aromatic rings. The normalized spacial score (nSPS) is 15.8. The lowest BCUT2D eigenvalue weighted by atomic mass is 9.93. The van der Waals surface area contributed by atoms with Crippen LogP contribution in [0, 0.1) is 0 Å². The van der Waals surface area contributed by atoms with E-state index in [9.17, 15) is 4.79 Å². The van der Waals surface area contributed by atoms with E-state index >= 15 is 0 Å². The number of ether oxygens (including phenoxy) is 2. The van der Waals surface area contributed by atoms with Crippen molar-refractivity contribution in [2.75, 3.05) is 32.1 Å². The number of likely N-dealkylation sites (tertiary alicyclic amines) is 1. The minimum atomic E-state index is 0.0182. The molecule has 1 amide bonds. The van der Waals surface area contributed by atoms with Crippen LogP contribution in [0.5, 0.6) is 11.5 Å². The first-order valence-corrected chi connectivity index (χ1v) is 10.9. The van der Waals surface area contributed by atoms with Gasteiger partial charge in [-0.1, -0.05) is 0 Å². The van der Waals surface area contributed by atoms with Gasteiger partial charge in [0.05, 0.1) is 24.6 Å². The van der Waals surface area contributed by atoms with Crippen LogP contribution < -0.4 is 14.8 Å². The minimum absolute atomic E-state index is 0.0182. The zero-order chi connectivity index (χ0) is 22.6. The fourth-order valence-corrected chi connectivity index (χ4v) is 4.10. The molecule has 2 aromatic heterocycles. The van der Waals surface area contributed by atoms with Crippen LogP contribution in [-0.2, 0) is 4.79 Å². The van der Waals surface area contributed by atoms with E-state index in [0.29, 0.717) is 30.4 Å². The topological polar surface area (TPSA) is 102 Å². The molecule has 0 saturated carbocycles. The van der Waals surface area contributed by atoms with Crippen molar-refractivity contribution in [2.45, 2.75) is 18.8 Å². The molecule has 2 aliphatic heterocycles. The van der Waals surface area contributed by atoms with Gasteiger partial charge in [-0.3, -0.25) is 9.78 Å². The highest BCUT2D eigenvalue weighted by Crippen LogP contribution is 2.32. The number of nitrogens with zero attached hydrogens (tertiary/aromatic N) is 5. The molecule has 0 aliphatic carbocycles. The highest BCUT2D eigenvalue weighted by molar-refractivity contribution is 5.99. The second-order valence-corrected chi connectivity index (χ2v) is 7.96. The molecule has 1 aromatic carbocycles. The number of piperidine rings is 1. The van der Waals surface area contributed by atoms with Gasteiger partial charge in [0.25, 0.3) is 5.91 Å². The van der Waals surface area contributed by atoms with Gasteiger partial charge in [0.1, 0.15) is 18.1 Å². The van der Waals surface area contributed by atoms with Gasteiger partial charge < -0.3 is 19.7 Å². The summed E-state index contributed by atoms with van der Waals surface area (Å²) < 4.78 is 11.1. The zero-order valence-corrected chi connectivity index (χ0v) is 18.3. The van der Waals surface area contributed by atoms with Crippen molar-refractivity contribution in [3.63, 3.8) is 0 Å². The molecule has 4 heterocycles. The van der Waals surface area contributed by atoms with Gasteiger partial charge in [-0.2, -0.15) is 0 Å². The van der Waals surface area contributed by atoms with Crippen LogP contribution >= 0.6 is 0 Å². The van der Waals surface area contributed by atoms with Crippen molar-refractivity contribution >= 4 is 23.7 Å². The molecule has 168 valence electrons. The van der Waals surface area contributed by atoms with Crippen molar-refractivity contribution in [1.82, 2.24) is 24.8 Å². The maximum Gasteiger partial charge on any atom is 0.253 e.